The summed E-state index contributed by atoms with van der Waals surface area (Å²) in [5, 5.41) is 0. The van der Waals surface area contributed by atoms with Gasteiger partial charge in [-0.3, -0.25) is 0 Å². The summed E-state index contributed by atoms with van der Waals surface area (Å²) in [6, 6.07) is 0. The number of ether oxygens (including phenoxy) is 1. The van der Waals surface area contributed by atoms with Gasteiger partial charge in [0, 0.05) is 12.1 Å². The molecule has 2 N–H and O–H groups in total. The molecule has 13 heavy (non-hydrogen) atoms. The van der Waals surface area contributed by atoms with Gasteiger partial charge >= 0.3 is 0 Å². The Labute approximate surface area is 87.6 Å². The first kappa shape index (κ1) is 13.2. The Balaban J connectivity index is 0.00000144. The van der Waals surface area contributed by atoms with E-state index in [1.807, 2.05) is 0 Å². The monoisotopic (exact) mass is 207 g/mol. The first-order valence-corrected chi connectivity index (χ1v) is 5.04. The summed E-state index contributed by atoms with van der Waals surface area (Å²) in [6.07, 6.45) is 6.13. The summed E-state index contributed by atoms with van der Waals surface area (Å²) in [7, 11) is 0. The zero-order valence-electron chi connectivity index (χ0n) is 8.71. The zero-order chi connectivity index (χ0) is 9.03. The van der Waals surface area contributed by atoms with Gasteiger partial charge in [-0.05, 0) is 39.0 Å². The minimum Gasteiger partial charge on any atom is -0.378 e. The van der Waals surface area contributed by atoms with Crippen LogP contribution in [0.3, 0.4) is 0 Å². The van der Waals surface area contributed by atoms with Crippen LogP contribution in [0.4, 0.5) is 0 Å². The van der Waals surface area contributed by atoms with Crippen LogP contribution in [0.5, 0.6) is 0 Å². The van der Waals surface area contributed by atoms with Crippen molar-refractivity contribution < 1.29 is 4.74 Å². The van der Waals surface area contributed by atoms with E-state index in [2.05, 4.69) is 13.8 Å². The van der Waals surface area contributed by atoms with Crippen LogP contribution in [-0.4, -0.2) is 18.2 Å². The molecule has 3 heteroatoms. The summed E-state index contributed by atoms with van der Waals surface area (Å²) in [5.74, 6) is 0. The highest BCUT2D eigenvalue weighted by Gasteiger charge is 2.27. The van der Waals surface area contributed by atoms with Crippen LogP contribution in [0.1, 0.15) is 46.0 Å². The van der Waals surface area contributed by atoms with Crippen molar-refractivity contribution in [3.63, 3.8) is 0 Å². The van der Waals surface area contributed by atoms with Gasteiger partial charge in [0.25, 0.3) is 0 Å². The lowest BCUT2D eigenvalue weighted by Crippen LogP contribution is -2.41. The van der Waals surface area contributed by atoms with Crippen molar-refractivity contribution in [1.82, 2.24) is 0 Å². The van der Waals surface area contributed by atoms with Gasteiger partial charge in [0.1, 0.15) is 0 Å². The fraction of sp³-hybridized carbons (Fsp3) is 1.00. The maximum Gasteiger partial charge on any atom is 0.0576 e. The van der Waals surface area contributed by atoms with Crippen LogP contribution in [0, 0.1) is 0 Å². The highest BCUT2D eigenvalue weighted by Crippen LogP contribution is 2.27. The van der Waals surface area contributed by atoms with Crippen molar-refractivity contribution in [2.45, 2.75) is 57.6 Å². The zero-order valence-corrected chi connectivity index (χ0v) is 9.53. The van der Waals surface area contributed by atoms with Gasteiger partial charge in [0.05, 0.1) is 6.10 Å². The summed E-state index contributed by atoms with van der Waals surface area (Å²) < 4.78 is 5.67. The van der Waals surface area contributed by atoms with E-state index in [0.29, 0.717) is 6.10 Å². The highest BCUT2D eigenvalue weighted by molar-refractivity contribution is 5.85. The second kappa shape index (κ2) is 5.84. The van der Waals surface area contributed by atoms with Crippen molar-refractivity contribution in [2.24, 2.45) is 5.73 Å². The quantitative estimate of drug-likeness (QED) is 0.772. The Morgan fingerprint density at radius 3 is 2.38 bits per heavy atom. The van der Waals surface area contributed by atoms with Crippen LogP contribution < -0.4 is 5.73 Å². The molecule has 0 unspecified atom stereocenters. The molecule has 0 atom stereocenters. The van der Waals surface area contributed by atoms with Gasteiger partial charge in [-0.1, -0.05) is 6.92 Å². The molecule has 1 fully saturated rings. The summed E-state index contributed by atoms with van der Waals surface area (Å²) in [4.78, 5) is 0. The van der Waals surface area contributed by atoms with Crippen LogP contribution in [0.15, 0.2) is 0 Å². The molecule has 0 radical (unpaired) electrons. The molecule has 1 saturated carbocycles. The molecular formula is C10H22ClNO. The predicted molar refractivity (Wildman–Crippen MR) is 58.3 cm³/mol. The first-order chi connectivity index (χ1) is 5.64. The van der Waals surface area contributed by atoms with Crippen LogP contribution in [0.25, 0.3) is 0 Å². The average molecular weight is 208 g/mol. The lowest BCUT2D eigenvalue weighted by atomic mass is 9.83. The molecule has 0 aromatic carbocycles. The molecule has 0 amide bonds. The normalized spacial score (nSPS) is 33.9. The summed E-state index contributed by atoms with van der Waals surface area (Å²) >= 11 is 0. The number of nitrogens with two attached hydrogens (primary N) is 1. The fourth-order valence-electron chi connectivity index (χ4n) is 1.70. The van der Waals surface area contributed by atoms with Crippen LogP contribution in [-0.2, 0) is 4.74 Å². The maximum absolute atomic E-state index is 6.01. The number of halogens is 1. The minimum absolute atomic E-state index is 0. The SMILES string of the molecule is CCCO[C@H]1CC[C@](C)(N)CC1.Cl. The number of hydrogen-bond donors (Lipinski definition) is 1. The molecule has 0 saturated heterocycles. The van der Waals surface area contributed by atoms with Crippen LogP contribution >= 0.6 is 12.4 Å². The van der Waals surface area contributed by atoms with E-state index >= 15 is 0 Å². The van der Waals surface area contributed by atoms with Crippen molar-refractivity contribution in [3.05, 3.63) is 0 Å². The Hall–Kier alpha value is 0.210. The third-order valence-corrected chi connectivity index (χ3v) is 2.63. The lowest BCUT2D eigenvalue weighted by molar-refractivity contribution is 0.0159. The van der Waals surface area contributed by atoms with Gasteiger partial charge in [0.2, 0.25) is 0 Å². The Morgan fingerprint density at radius 2 is 1.92 bits per heavy atom. The molecule has 1 aliphatic rings. The van der Waals surface area contributed by atoms with E-state index in [0.717, 1.165) is 38.7 Å². The van der Waals surface area contributed by atoms with E-state index in [1.54, 1.807) is 0 Å². The van der Waals surface area contributed by atoms with E-state index in [-0.39, 0.29) is 17.9 Å². The molecule has 1 aliphatic carbocycles. The van der Waals surface area contributed by atoms with E-state index in [1.165, 1.54) is 0 Å². The van der Waals surface area contributed by atoms with Crippen molar-refractivity contribution in [3.8, 4) is 0 Å². The smallest absolute Gasteiger partial charge is 0.0576 e. The Morgan fingerprint density at radius 1 is 1.38 bits per heavy atom. The predicted octanol–water partition coefficient (Wildman–Crippen LogP) is 2.49. The molecule has 0 aromatic heterocycles. The molecular weight excluding hydrogens is 186 g/mol. The molecule has 80 valence electrons. The van der Waals surface area contributed by atoms with Gasteiger partial charge < -0.3 is 10.5 Å². The Kier molecular flexibility index (Phi) is 5.93. The second-order valence-corrected chi connectivity index (χ2v) is 4.22. The molecule has 0 aromatic rings. The van der Waals surface area contributed by atoms with Gasteiger partial charge in [-0.2, -0.15) is 0 Å². The van der Waals surface area contributed by atoms with E-state index in [9.17, 15) is 0 Å². The first-order valence-electron chi connectivity index (χ1n) is 5.04. The molecule has 0 spiro atoms. The molecule has 0 bridgehead atoms. The van der Waals surface area contributed by atoms with E-state index < -0.39 is 0 Å². The van der Waals surface area contributed by atoms with Crippen molar-refractivity contribution in [1.29, 1.82) is 0 Å². The number of rotatable bonds is 3. The van der Waals surface area contributed by atoms with Crippen molar-refractivity contribution in [2.75, 3.05) is 6.61 Å². The summed E-state index contributed by atoms with van der Waals surface area (Å²) in [6.45, 7) is 5.20. The average Bonchev–Trinajstić information content (AvgIpc) is 2.03. The third kappa shape index (κ3) is 4.84. The molecule has 1 rings (SSSR count). The molecule has 2 nitrogen and oxygen atoms in total. The highest BCUT2D eigenvalue weighted by atomic mass is 35.5. The van der Waals surface area contributed by atoms with Gasteiger partial charge in [0.15, 0.2) is 0 Å². The number of hydrogen-bond acceptors (Lipinski definition) is 2. The third-order valence-electron chi connectivity index (χ3n) is 2.63. The largest absolute Gasteiger partial charge is 0.378 e. The minimum atomic E-state index is 0. The second-order valence-electron chi connectivity index (χ2n) is 4.22. The lowest BCUT2D eigenvalue weighted by Gasteiger charge is -2.33. The van der Waals surface area contributed by atoms with Crippen molar-refractivity contribution >= 4 is 12.4 Å². The maximum atomic E-state index is 6.01. The van der Waals surface area contributed by atoms with Crippen LogP contribution in [0.2, 0.25) is 0 Å². The molecule has 0 heterocycles. The van der Waals surface area contributed by atoms with Gasteiger partial charge in [-0.15, -0.1) is 12.4 Å². The fourth-order valence-corrected chi connectivity index (χ4v) is 1.70. The topological polar surface area (TPSA) is 35.2 Å². The van der Waals surface area contributed by atoms with Gasteiger partial charge in [-0.25, -0.2) is 0 Å². The van der Waals surface area contributed by atoms with E-state index in [4.69, 9.17) is 10.5 Å². The summed E-state index contributed by atoms with van der Waals surface area (Å²) in [5.41, 5.74) is 6.09. The molecule has 0 aliphatic heterocycles. The standard InChI is InChI=1S/C10H21NO.ClH/c1-3-8-12-9-4-6-10(2,11)7-5-9;/h9H,3-8,11H2,1-2H3;1H/t9-,10-;. The Bertz CT molecular complexity index is 129.